The van der Waals surface area contributed by atoms with Crippen LogP contribution in [0.15, 0.2) is 72.0 Å². The molecule has 5 nitrogen and oxygen atoms in total. The number of hydrogen-bond acceptors (Lipinski definition) is 5. The van der Waals surface area contributed by atoms with E-state index in [1.54, 1.807) is 30.6 Å². The molecule has 0 spiro atoms. The highest BCUT2D eigenvalue weighted by atomic mass is 19.4. The first-order chi connectivity index (χ1) is 19.7. The summed E-state index contributed by atoms with van der Waals surface area (Å²) in [6, 6.07) is 13.3. The number of carbonyl (C=O) groups is 1. The molecule has 2 aliphatic heterocycles. The Kier molecular flexibility index (Phi) is 8.48. The van der Waals surface area contributed by atoms with Crippen LogP contribution in [0, 0.1) is 18.8 Å². The van der Waals surface area contributed by atoms with Gasteiger partial charge in [-0.2, -0.15) is 13.2 Å². The number of ketones is 1. The van der Waals surface area contributed by atoms with Crippen molar-refractivity contribution in [2.75, 3.05) is 33.2 Å². The van der Waals surface area contributed by atoms with E-state index in [4.69, 9.17) is 0 Å². The summed E-state index contributed by atoms with van der Waals surface area (Å²) < 4.78 is 42.0. The molecule has 5 rings (SSSR count). The lowest BCUT2D eigenvalue weighted by Gasteiger charge is -2.33. The zero-order chi connectivity index (χ0) is 29.0. The Balaban J connectivity index is 1.30. The van der Waals surface area contributed by atoms with Crippen LogP contribution in [-0.2, 0) is 19.1 Å². The van der Waals surface area contributed by atoms with E-state index in [1.165, 1.54) is 6.07 Å². The first-order valence-electron chi connectivity index (χ1n) is 13.6. The summed E-state index contributed by atoms with van der Waals surface area (Å²) in [5.74, 6) is 5.95. The molecule has 0 amide bonds. The minimum Gasteiger partial charge on any atom is -0.304 e. The van der Waals surface area contributed by atoms with E-state index >= 15 is 0 Å². The number of Topliss-reactive ketones (excluding diaryl/α,β-unsaturated/α-hetero) is 1. The molecule has 1 saturated heterocycles. The predicted molar refractivity (Wildman–Crippen MR) is 154 cm³/mol. The fourth-order valence-corrected chi connectivity index (χ4v) is 4.91. The van der Waals surface area contributed by atoms with Gasteiger partial charge in [0.05, 0.1) is 17.0 Å². The molecular weight excluding hydrogens is 525 g/mol. The minimum atomic E-state index is -4.50. The van der Waals surface area contributed by atoms with Crippen LogP contribution in [0.5, 0.6) is 0 Å². The van der Waals surface area contributed by atoms with Crippen molar-refractivity contribution in [3.63, 3.8) is 0 Å². The average Bonchev–Trinajstić information content (AvgIpc) is 3.49. The van der Waals surface area contributed by atoms with Crippen LogP contribution in [0.1, 0.15) is 55.9 Å². The standard InChI is InChI=1S/C33H31F3N4O/c1-23-5-9-27(20-26(23)10-6-24-8-12-31(38-21-24)30-4-3-13-37-30)32(41)19-25-7-11-28(29(18-25)33(34,35)36)22-40-16-14-39(2)15-17-40/h3,5,7-9,11-13,18,20-21H,4,14-17,19,22H2,1-2H3. The number of aromatic nitrogens is 1. The number of nitrogens with zero attached hydrogens (tertiary/aromatic N) is 4. The Morgan fingerprint density at radius 3 is 2.49 bits per heavy atom. The number of likely N-dealkylation sites (N-methyl/N-ethyl adjacent to an activating group) is 1. The number of piperazine rings is 1. The number of alkyl halides is 3. The monoisotopic (exact) mass is 556 g/mol. The van der Waals surface area contributed by atoms with Gasteiger partial charge >= 0.3 is 6.18 Å². The van der Waals surface area contributed by atoms with Crippen molar-refractivity contribution in [2.24, 2.45) is 4.99 Å². The van der Waals surface area contributed by atoms with Gasteiger partial charge in [0.2, 0.25) is 0 Å². The number of halogens is 3. The highest BCUT2D eigenvalue weighted by Gasteiger charge is 2.34. The molecule has 2 aliphatic rings. The van der Waals surface area contributed by atoms with Gasteiger partial charge in [-0.1, -0.05) is 42.2 Å². The molecule has 0 aliphatic carbocycles. The number of carbonyl (C=O) groups excluding carboxylic acids is 1. The van der Waals surface area contributed by atoms with Crippen molar-refractivity contribution in [3.8, 4) is 11.8 Å². The second-order valence-corrected chi connectivity index (χ2v) is 10.5. The third-order valence-electron chi connectivity index (χ3n) is 7.44. The lowest BCUT2D eigenvalue weighted by Crippen LogP contribution is -2.44. The average molecular weight is 557 g/mol. The van der Waals surface area contributed by atoms with Crippen LogP contribution in [0.2, 0.25) is 0 Å². The normalized spacial score (nSPS) is 15.9. The van der Waals surface area contributed by atoms with Crippen LogP contribution < -0.4 is 0 Å². The second-order valence-electron chi connectivity index (χ2n) is 10.5. The molecule has 1 aromatic heterocycles. The van der Waals surface area contributed by atoms with E-state index in [-0.39, 0.29) is 24.3 Å². The van der Waals surface area contributed by atoms with Gasteiger partial charge in [-0.05, 0) is 54.9 Å². The molecule has 0 atom stereocenters. The summed E-state index contributed by atoms with van der Waals surface area (Å²) >= 11 is 0. The van der Waals surface area contributed by atoms with Crippen LogP contribution in [-0.4, -0.2) is 59.5 Å². The summed E-state index contributed by atoms with van der Waals surface area (Å²) in [4.78, 5) is 26.1. The molecule has 1 fully saturated rings. The SMILES string of the molecule is Cc1ccc(C(=O)Cc2ccc(CN3CCN(C)CC3)c(C(F)(F)F)c2)cc1C#Cc1ccc(C2=NC=CC2)nc1. The maximum atomic E-state index is 14.0. The molecule has 8 heteroatoms. The van der Waals surface area contributed by atoms with Crippen molar-refractivity contribution < 1.29 is 18.0 Å². The number of benzene rings is 2. The number of pyridine rings is 1. The minimum absolute atomic E-state index is 0.127. The summed E-state index contributed by atoms with van der Waals surface area (Å²) in [5, 5.41) is 0. The predicted octanol–water partition coefficient (Wildman–Crippen LogP) is 5.69. The third kappa shape index (κ3) is 7.18. The first-order valence-corrected chi connectivity index (χ1v) is 13.6. The lowest BCUT2D eigenvalue weighted by atomic mass is 9.96. The van der Waals surface area contributed by atoms with Gasteiger partial charge in [0.25, 0.3) is 0 Å². The highest BCUT2D eigenvalue weighted by molar-refractivity contribution is 6.01. The van der Waals surface area contributed by atoms with E-state index in [0.29, 0.717) is 16.7 Å². The molecular formula is C33H31F3N4O. The summed E-state index contributed by atoms with van der Waals surface area (Å²) in [6.45, 7) is 5.24. The maximum Gasteiger partial charge on any atom is 0.416 e. The van der Waals surface area contributed by atoms with Crippen LogP contribution in [0.25, 0.3) is 0 Å². The Labute approximate surface area is 238 Å². The van der Waals surface area contributed by atoms with Gasteiger partial charge in [-0.15, -0.1) is 0 Å². The molecule has 3 heterocycles. The smallest absolute Gasteiger partial charge is 0.304 e. The van der Waals surface area contributed by atoms with E-state index in [2.05, 4.69) is 26.7 Å². The number of hydrogen-bond donors (Lipinski definition) is 0. The van der Waals surface area contributed by atoms with Crippen molar-refractivity contribution in [1.82, 2.24) is 14.8 Å². The topological polar surface area (TPSA) is 48.8 Å². The zero-order valence-electron chi connectivity index (χ0n) is 23.1. The van der Waals surface area contributed by atoms with E-state index < -0.39 is 11.7 Å². The van der Waals surface area contributed by atoms with Crippen LogP contribution in [0.4, 0.5) is 13.2 Å². The summed E-state index contributed by atoms with van der Waals surface area (Å²) in [6.07, 6.45) is 1.57. The molecule has 3 aromatic rings. The quantitative estimate of drug-likeness (QED) is 0.289. The van der Waals surface area contributed by atoms with Crippen molar-refractivity contribution >= 4 is 11.5 Å². The van der Waals surface area contributed by atoms with Crippen molar-refractivity contribution in [2.45, 2.75) is 32.5 Å². The molecule has 210 valence electrons. The summed E-state index contributed by atoms with van der Waals surface area (Å²) in [5.41, 5.74) is 4.35. The number of aliphatic imine (C=N–C) groups is 1. The summed E-state index contributed by atoms with van der Waals surface area (Å²) in [7, 11) is 2.01. The Bertz CT molecular complexity index is 1550. The van der Waals surface area contributed by atoms with Gasteiger partial charge in [0.15, 0.2) is 5.78 Å². The molecule has 0 unspecified atom stereocenters. The number of allylic oxidation sites excluding steroid dienone is 1. The lowest BCUT2D eigenvalue weighted by molar-refractivity contribution is -0.138. The van der Waals surface area contributed by atoms with Crippen LogP contribution in [0.3, 0.4) is 0 Å². The maximum absolute atomic E-state index is 14.0. The Morgan fingerprint density at radius 2 is 1.80 bits per heavy atom. The molecule has 41 heavy (non-hydrogen) atoms. The molecule has 0 saturated carbocycles. The Morgan fingerprint density at radius 1 is 1.00 bits per heavy atom. The van der Waals surface area contributed by atoms with Gasteiger partial charge < -0.3 is 4.90 Å². The van der Waals surface area contributed by atoms with Gasteiger partial charge in [0, 0.05) is 74.7 Å². The molecule has 0 N–H and O–H groups in total. The second kappa shape index (κ2) is 12.2. The first kappa shape index (κ1) is 28.5. The highest BCUT2D eigenvalue weighted by Crippen LogP contribution is 2.34. The van der Waals surface area contributed by atoms with Gasteiger partial charge in [-0.3, -0.25) is 19.7 Å². The Hall–Kier alpha value is -4.06. The largest absolute Gasteiger partial charge is 0.416 e. The molecule has 0 radical (unpaired) electrons. The van der Waals surface area contributed by atoms with Gasteiger partial charge in [-0.25, -0.2) is 0 Å². The third-order valence-corrected chi connectivity index (χ3v) is 7.44. The molecule has 2 aromatic carbocycles. The fraction of sp³-hybridized carbons (Fsp3) is 0.303. The fourth-order valence-electron chi connectivity index (χ4n) is 4.91. The molecule has 0 bridgehead atoms. The van der Waals surface area contributed by atoms with Crippen LogP contribution >= 0.6 is 0 Å². The zero-order valence-corrected chi connectivity index (χ0v) is 23.1. The van der Waals surface area contributed by atoms with E-state index in [1.807, 2.05) is 43.1 Å². The number of aryl methyl sites for hydroxylation is 1. The van der Waals surface area contributed by atoms with Gasteiger partial charge in [0.1, 0.15) is 0 Å². The van der Waals surface area contributed by atoms with Crippen molar-refractivity contribution in [1.29, 1.82) is 0 Å². The van der Waals surface area contributed by atoms with E-state index in [9.17, 15) is 18.0 Å². The van der Waals surface area contributed by atoms with Crippen molar-refractivity contribution in [3.05, 3.63) is 112 Å². The van der Waals surface area contributed by atoms with E-state index in [0.717, 1.165) is 61.2 Å². The number of rotatable bonds is 6.